The predicted octanol–water partition coefficient (Wildman–Crippen LogP) is 2.52. The van der Waals surface area contributed by atoms with Crippen molar-refractivity contribution in [2.24, 2.45) is 5.92 Å². The summed E-state index contributed by atoms with van der Waals surface area (Å²) in [4.78, 5) is 33.5. The first-order valence-electron chi connectivity index (χ1n) is 10.8. The van der Waals surface area contributed by atoms with Crippen molar-refractivity contribution in [2.75, 3.05) is 64.4 Å². The largest absolute Gasteiger partial charge is 0.495 e. The molecule has 2 fully saturated rings. The number of nitrogens with zero attached hydrogens (tertiary/aromatic N) is 4. The summed E-state index contributed by atoms with van der Waals surface area (Å²) in [6.07, 6.45) is 1.52. The molecule has 2 heterocycles. The Morgan fingerprint density at radius 3 is 2.17 bits per heavy atom. The first-order chi connectivity index (χ1) is 14.1. The minimum atomic E-state index is 0.0357. The van der Waals surface area contributed by atoms with Gasteiger partial charge in [-0.1, -0.05) is 12.1 Å². The number of anilines is 1. The number of benzene rings is 1. The minimum absolute atomic E-state index is 0.0357. The van der Waals surface area contributed by atoms with E-state index >= 15 is 0 Å². The van der Waals surface area contributed by atoms with Crippen LogP contribution in [0.25, 0.3) is 0 Å². The molecule has 0 atom stereocenters. The molecule has 3 rings (SSSR count). The van der Waals surface area contributed by atoms with Crippen LogP contribution in [0.4, 0.5) is 10.5 Å². The van der Waals surface area contributed by atoms with Crippen LogP contribution in [0.1, 0.15) is 26.7 Å². The summed E-state index contributed by atoms with van der Waals surface area (Å²) in [6.45, 7) is 9.89. The third kappa shape index (κ3) is 4.77. The molecular weight excluding hydrogens is 368 g/mol. The smallest absolute Gasteiger partial charge is 0.319 e. The van der Waals surface area contributed by atoms with Crippen LogP contribution in [0.3, 0.4) is 0 Å². The zero-order chi connectivity index (χ0) is 20.8. The topological polar surface area (TPSA) is 56.3 Å². The zero-order valence-corrected chi connectivity index (χ0v) is 18.0. The van der Waals surface area contributed by atoms with Crippen LogP contribution in [0, 0.1) is 5.92 Å². The van der Waals surface area contributed by atoms with Crippen LogP contribution in [0.2, 0.25) is 0 Å². The monoisotopic (exact) mass is 402 g/mol. The number of urea groups is 1. The van der Waals surface area contributed by atoms with Gasteiger partial charge in [-0.25, -0.2) is 4.79 Å². The normalized spacial score (nSPS) is 18.0. The van der Waals surface area contributed by atoms with Crippen molar-refractivity contribution in [2.45, 2.75) is 26.7 Å². The SMILES string of the molecule is CCN(CC)C(=O)N1CCC(C(=O)N2CCN(c3ccccc3OC)CC2)CC1. The molecule has 2 aliphatic heterocycles. The van der Waals surface area contributed by atoms with E-state index in [0.717, 1.165) is 63.5 Å². The highest BCUT2D eigenvalue weighted by atomic mass is 16.5. The Hall–Kier alpha value is -2.44. The van der Waals surface area contributed by atoms with Crippen LogP contribution < -0.4 is 9.64 Å². The van der Waals surface area contributed by atoms with Gasteiger partial charge in [-0.3, -0.25) is 4.79 Å². The molecule has 0 bridgehead atoms. The summed E-state index contributed by atoms with van der Waals surface area (Å²) in [7, 11) is 1.69. The number of methoxy groups -OCH3 is 1. The van der Waals surface area contributed by atoms with E-state index in [1.165, 1.54) is 0 Å². The molecule has 0 aromatic heterocycles. The van der Waals surface area contributed by atoms with E-state index in [1.807, 2.05) is 46.7 Å². The van der Waals surface area contributed by atoms with Crippen LogP contribution in [0.15, 0.2) is 24.3 Å². The number of hydrogen-bond acceptors (Lipinski definition) is 4. The second-order valence-corrected chi connectivity index (χ2v) is 7.70. The molecular formula is C22H34N4O3. The third-order valence-electron chi connectivity index (χ3n) is 6.17. The molecule has 7 heteroatoms. The average Bonchev–Trinajstić information content (AvgIpc) is 2.79. The lowest BCUT2D eigenvalue weighted by atomic mass is 9.95. The van der Waals surface area contributed by atoms with E-state index < -0.39 is 0 Å². The maximum atomic E-state index is 13.0. The molecule has 0 unspecified atom stereocenters. The molecule has 3 amide bonds. The van der Waals surface area contributed by atoms with Crippen molar-refractivity contribution in [3.8, 4) is 5.75 Å². The zero-order valence-electron chi connectivity index (χ0n) is 18.0. The predicted molar refractivity (Wildman–Crippen MR) is 114 cm³/mol. The fourth-order valence-corrected chi connectivity index (χ4v) is 4.33. The maximum absolute atomic E-state index is 13.0. The lowest BCUT2D eigenvalue weighted by Gasteiger charge is -2.40. The van der Waals surface area contributed by atoms with E-state index in [-0.39, 0.29) is 17.9 Å². The third-order valence-corrected chi connectivity index (χ3v) is 6.17. The van der Waals surface area contributed by atoms with Crippen molar-refractivity contribution in [1.29, 1.82) is 0 Å². The lowest BCUT2D eigenvalue weighted by molar-refractivity contribution is -0.137. The lowest BCUT2D eigenvalue weighted by Crippen LogP contribution is -2.53. The number of ether oxygens (including phenoxy) is 1. The van der Waals surface area contributed by atoms with Crippen LogP contribution in [-0.4, -0.2) is 86.1 Å². The number of carbonyl (C=O) groups excluding carboxylic acids is 2. The molecule has 0 radical (unpaired) electrons. The van der Waals surface area contributed by atoms with Gasteiger partial charge >= 0.3 is 6.03 Å². The number of para-hydroxylation sites is 2. The van der Waals surface area contributed by atoms with Crippen molar-refractivity contribution in [3.63, 3.8) is 0 Å². The summed E-state index contributed by atoms with van der Waals surface area (Å²) < 4.78 is 5.47. The number of piperidine rings is 1. The van der Waals surface area contributed by atoms with Crippen molar-refractivity contribution in [3.05, 3.63) is 24.3 Å². The first kappa shape index (κ1) is 21.3. The summed E-state index contributed by atoms with van der Waals surface area (Å²) in [5, 5.41) is 0. The number of amides is 3. The standard InChI is InChI=1S/C22H34N4O3/c1-4-23(5-2)22(28)26-12-10-18(11-13-26)21(27)25-16-14-24(15-17-25)19-8-6-7-9-20(19)29-3/h6-9,18H,4-5,10-17H2,1-3H3. The Morgan fingerprint density at radius 1 is 0.966 bits per heavy atom. The van der Waals surface area contributed by atoms with Crippen LogP contribution in [-0.2, 0) is 4.79 Å². The molecule has 1 aromatic rings. The fourth-order valence-electron chi connectivity index (χ4n) is 4.33. The summed E-state index contributed by atoms with van der Waals surface area (Å²) in [5.41, 5.74) is 1.09. The molecule has 0 aliphatic carbocycles. The number of piperazine rings is 1. The summed E-state index contributed by atoms with van der Waals surface area (Å²) in [6, 6.07) is 8.13. The highest BCUT2D eigenvalue weighted by molar-refractivity contribution is 5.80. The highest BCUT2D eigenvalue weighted by Gasteiger charge is 2.32. The molecule has 0 N–H and O–H groups in total. The Morgan fingerprint density at radius 2 is 1.59 bits per heavy atom. The summed E-state index contributed by atoms with van der Waals surface area (Å²) >= 11 is 0. The van der Waals surface area contributed by atoms with Crippen molar-refractivity contribution < 1.29 is 14.3 Å². The quantitative estimate of drug-likeness (QED) is 0.759. The Balaban J connectivity index is 1.50. The second kappa shape index (κ2) is 9.85. The van der Waals surface area contributed by atoms with Gasteiger partial charge in [-0.2, -0.15) is 0 Å². The van der Waals surface area contributed by atoms with Gasteiger partial charge in [0.25, 0.3) is 0 Å². The molecule has 29 heavy (non-hydrogen) atoms. The Labute approximate surface area is 174 Å². The van der Waals surface area contributed by atoms with E-state index in [9.17, 15) is 9.59 Å². The van der Waals surface area contributed by atoms with E-state index in [2.05, 4.69) is 11.0 Å². The van der Waals surface area contributed by atoms with Gasteiger partial charge < -0.3 is 24.3 Å². The van der Waals surface area contributed by atoms with E-state index in [0.29, 0.717) is 13.1 Å². The Bertz CT molecular complexity index is 691. The van der Waals surface area contributed by atoms with Gasteiger partial charge in [0, 0.05) is 58.3 Å². The molecule has 0 saturated carbocycles. The van der Waals surface area contributed by atoms with Gasteiger partial charge in [0.2, 0.25) is 5.91 Å². The summed E-state index contributed by atoms with van der Waals surface area (Å²) in [5.74, 6) is 1.16. The van der Waals surface area contributed by atoms with Gasteiger partial charge in [0.15, 0.2) is 0 Å². The van der Waals surface area contributed by atoms with Crippen molar-refractivity contribution in [1.82, 2.24) is 14.7 Å². The number of carbonyl (C=O) groups is 2. The minimum Gasteiger partial charge on any atom is -0.495 e. The molecule has 160 valence electrons. The van der Waals surface area contributed by atoms with Crippen LogP contribution >= 0.6 is 0 Å². The van der Waals surface area contributed by atoms with Gasteiger partial charge in [0.05, 0.1) is 12.8 Å². The van der Waals surface area contributed by atoms with Gasteiger partial charge in [-0.15, -0.1) is 0 Å². The molecule has 0 spiro atoms. The molecule has 2 saturated heterocycles. The van der Waals surface area contributed by atoms with Gasteiger partial charge in [-0.05, 0) is 38.8 Å². The molecule has 2 aliphatic rings. The van der Waals surface area contributed by atoms with Gasteiger partial charge in [0.1, 0.15) is 5.75 Å². The number of hydrogen-bond donors (Lipinski definition) is 0. The maximum Gasteiger partial charge on any atom is 0.319 e. The number of rotatable bonds is 5. The van der Waals surface area contributed by atoms with E-state index in [4.69, 9.17) is 4.74 Å². The van der Waals surface area contributed by atoms with Crippen molar-refractivity contribution >= 4 is 17.6 Å². The van der Waals surface area contributed by atoms with Crippen LogP contribution in [0.5, 0.6) is 5.75 Å². The highest BCUT2D eigenvalue weighted by Crippen LogP contribution is 2.29. The van der Waals surface area contributed by atoms with E-state index in [1.54, 1.807) is 7.11 Å². The second-order valence-electron chi connectivity index (χ2n) is 7.70. The molecule has 7 nitrogen and oxygen atoms in total. The molecule has 1 aromatic carbocycles. The average molecular weight is 403 g/mol. The fraction of sp³-hybridized carbons (Fsp3) is 0.636. The Kier molecular flexibility index (Phi) is 7.23. The number of likely N-dealkylation sites (tertiary alicyclic amines) is 1. The first-order valence-corrected chi connectivity index (χ1v) is 10.8.